The van der Waals surface area contributed by atoms with Crippen LogP contribution in [0.15, 0.2) is 48.1 Å². The summed E-state index contributed by atoms with van der Waals surface area (Å²) in [6, 6.07) is 8.12. The molecule has 1 aliphatic rings. The van der Waals surface area contributed by atoms with Crippen LogP contribution in [0.3, 0.4) is 0 Å². The zero-order valence-electron chi connectivity index (χ0n) is 17.3. The van der Waals surface area contributed by atoms with Gasteiger partial charge in [-0.3, -0.25) is 4.79 Å². The maximum absolute atomic E-state index is 12.1. The van der Waals surface area contributed by atoms with Crippen LogP contribution in [0.25, 0.3) is 0 Å². The Kier molecular flexibility index (Phi) is 10.7. The van der Waals surface area contributed by atoms with Gasteiger partial charge in [0.2, 0.25) is 0 Å². The largest absolute Gasteiger partial charge is 0.497 e. The number of Topliss-reactive ketones (excluding diaryl/α,β-unsaturated/α-hetero) is 1. The average Bonchev–Trinajstić information content (AvgIpc) is 3.17. The Hall–Kier alpha value is -1.83. The summed E-state index contributed by atoms with van der Waals surface area (Å²) in [5.41, 5.74) is 2.77. The minimum atomic E-state index is 0.398. The molecule has 2 heteroatoms. The summed E-state index contributed by atoms with van der Waals surface area (Å²) in [7, 11) is 1.68. The molecule has 0 N–H and O–H groups in total. The summed E-state index contributed by atoms with van der Waals surface area (Å²) in [5.74, 6) is 2.38. The SMILES string of the molecule is CC.CCC1C=CC=C1C(C)CCC(=O)CCCc1ccc(OC)cc1. The topological polar surface area (TPSA) is 26.3 Å². The van der Waals surface area contributed by atoms with Gasteiger partial charge in [0.1, 0.15) is 11.5 Å². The molecule has 0 saturated carbocycles. The van der Waals surface area contributed by atoms with Gasteiger partial charge in [-0.1, -0.05) is 63.6 Å². The molecule has 1 aliphatic carbocycles. The second kappa shape index (κ2) is 12.5. The van der Waals surface area contributed by atoms with Gasteiger partial charge in [-0.15, -0.1) is 0 Å². The van der Waals surface area contributed by atoms with Crippen LogP contribution in [-0.2, 0) is 11.2 Å². The molecule has 0 bridgehead atoms. The molecular formula is C24H36O2. The smallest absolute Gasteiger partial charge is 0.132 e. The molecule has 26 heavy (non-hydrogen) atoms. The molecule has 144 valence electrons. The van der Waals surface area contributed by atoms with Crippen molar-refractivity contribution in [3.8, 4) is 5.75 Å². The molecule has 2 atom stereocenters. The Morgan fingerprint density at radius 1 is 1.15 bits per heavy atom. The molecular weight excluding hydrogens is 320 g/mol. The number of allylic oxidation sites excluding steroid dienone is 4. The van der Waals surface area contributed by atoms with Gasteiger partial charge in [-0.2, -0.15) is 0 Å². The molecule has 2 unspecified atom stereocenters. The highest BCUT2D eigenvalue weighted by molar-refractivity contribution is 5.78. The highest BCUT2D eigenvalue weighted by atomic mass is 16.5. The van der Waals surface area contributed by atoms with E-state index in [-0.39, 0.29) is 0 Å². The van der Waals surface area contributed by atoms with Gasteiger partial charge in [-0.25, -0.2) is 0 Å². The molecule has 0 spiro atoms. The molecule has 0 amide bonds. The maximum atomic E-state index is 12.1. The second-order valence-corrected chi connectivity index (χ2v) is 6.75. The summed E-state index contributed by atoms with van der Waals surface area (Å²) >= 11 is 0. The Balaban J connectivity index is 0.00000163. The first kappa shape index (κ1) is 22.2. The van der Waals surface area contributed by atoms with Crippen molar-refractivity contribution in [1.82, 2.24) is 0 Å². The normalized spacial score (nSPS) is 16.5. The van der Waals surface area contributed by atoms with Crippen molar-refractivity contribution < 1.29 is 9.53 Å². The van der Waals surface area contributed by atoms with Crippen molar-refractivity contribution >= 4 is 5.78 Å². The lowest BCUT2D eigenvalue weighted by molar-refractivity contribution is -0.119. The fourth-order valence-corrected chi connectivity index (χ4v) is 3.39. The lowest BCUT2D eigenvalue weighted by Crippen LogP contribution is -2.09. The number of hydrogen-bond donors (Lipinski definition) is 0. The summed E-state index contributed by atoms with van der Waals surface area (Å²) < 4.78 is 5.16. The Labute approximate surface area is 160 Å². The molecule has 0 saturated heterocycles. The van der Waals surface area contributed by atoms with Crippen LogP contribution in [-0.4, -0.2) is 12.9 Å². The summed E-state index contributed by atoms with van der Waals surface area (Å²) in [4.78, 5) is 12.1. The van der Waals surface area contributed by atoms with Gasteiger partial charge in [0, 0.05) is 12.8 Å². The number of methoxy groups -OCH3 is 1. The third-order valence-corrected chi connectivity index (χ3v) is 5.01. The van der Waals surface area contributed by atoms with Crippen LogP contribution in [0.2, 0.25) is 0 Å². The van der Waals surface area contributed by atoms with E-state index in [2.05, 4.69) is 44.2 Å². The molecule has 2 rings (SSSR count). The zero-order chi connectivity index (χ0) is 19.4. The number of hydrogen-bond acceptors (Lipinski definition) is 2. The molecule has 0 heterocycles. The summed E-state index contributed by atoms with van der Waals surface area (Å²) in [5, 5.41) is 0. The van der Waals surface area contributed by atoms with Gasteiger partial charge < -0.3 is 4.74 Å². The molecule has 1 aromatic rings. The van der Waals surface area contributed by atoms with Crippen LogP contribution >= 0.6 is 0 Å². The molecule has 0 aliphatic heterocycles. The first-order valence-corrected chi connectivity index (χ1v) is 10.2. The number of rotatable bonds is 10. The van der Waals surface area contributed by atoms with Gasteiger partial charge in [0.15, 0.2) is 0 Å². The van der Waals surface area contributed by atoms with Crippen LogP contribution in [0.4, 0.5) is 0 Å². The highest BCUT2D eigenvalue weighted by Crippen LogP contribution is 2.31. The van der Waals surface area contributed by atoms with E-state index in [1.54, 1.807) is 7.11 Å². The van der Waals surface area contributed by atoms with Crippen molar-refractivity contribution in [3.05, 3.63) is 53.6 Å². The van der Waals surface area contributed by atoms with Crippen LogP contribution in [0.5, 0.6) is 5.75 Å². The average molecular weight is 357 g/mol. The molecule has 1 aromatic carbocycles. The first-order chi connectivity index (χ1) is 12.6. The van der Waals surface area contributed by atoms with Gasteiger partial charge >= 0.3 is 0 Å². The zero-order valence-corrected chi connectivity index (χ0v) is 17.3. The number of ether oxygens (including phenoxy) is 1. The van der Waals surface area contributed by atoms with Crippen LogP contribution in [0.1, 0.15) is 65.4 Å². The minimum Gasteiger partial charge on any atom is -0.497 e. The van der Waals surface area contributed by atoms with Gasteiger partial charge in [-0.05, 0) is 55.2 Å². The Morgan fingerprint density at radius 2 is 1.85 bits per heavy atom. The maximum Gasteiger partial charge on any atom is 0.132 e. The quantitative estimate of drug-likeness (QED) is 0.475. The second-order valence-electron chi connectivity index (χ2n) is 6.75. The van der Waals surface area contributed by atoms with Crippen LogP contribution < -0.4 is 4.74 Å². The van der Waals surface area contributed by atoms with E-state index < -0.39 is 0 Å². The van der Waals surface area contributed by atoms with E-state index in [1.165, 1.54) is 11.1 Å². The van der Waals surface area contributed by atoms with E-state index in [4.69, 9.17) is 4.74 Å². The van der Waals surface area contributed by atoms with E-state index in [1.807, 2.05) is 26.0 Å². The molecule has 0 fully saturated rings. The third-order valence-electron chi connectivity index (χ3n) is 5.01. The summed E-state index contributed by atoms with van der Waals surface area (Å²) in [6.45, 7) is 8.48. The van der Waals surface area contributed by atoms with Crippen LogP contribution in [0, 0.1) is 11.8 Å². The predicted octanol–water partition coefficient (Wildman–Crippen LogP) is 6.55. The van der Waals surface area contributed by atoms with Crippen molar-refractivity contribution in [1.29, 1.82) is 0 Å². The monoisotopic (exact) mass is 356 g/mol. The number of ketones is 1. The first-order valence-electron chi connectivity index (χ1n) is 10.2. The Bertz CT molecular complexity index is 581. The lowest BCUT2D eigenvalue weighted by Gasteiger charge is -2.18. The fraction of sp³-hybridized carbons (Fsp3) is 0.542. The predicted molar refractivity (Wildman–Crippen MR) is 112 cm³/mol. The lowest BCUT2D eigenvalue weighted by atomic mass is 9.86. The highest BCUT2D eigenvalue weighted by Gasteiger charge is 2.19. The van der Waals surface area contributed by atoms with Gasteiger partial charge in [0.25, 0.3) is 0 Å². The standard InChI is InChI=1S/C22H30O2.C2H6/c1-4-19-8-6-10-22(19)17(2)11-14-20(23)9-5-7-18-12-15-21(24-3)16-13-18;1-2/h6,8,10,12-13,15-17,19H,4-5,7,9,11,14H2,1-3H3;1-2H3. The number of carbonyl (C=O) groups excluding carboxylic acids is 1. The van der Waals surface area contributed by atoms with E-state index in [9.17, 15) is 4.79 Å². The van der Waals surface area contributed by atoms with Crippen molar-refractivity contribution in [2.45, 2.75) is 66.2 Å². The number of aryl methyl sites for hydroxylation is 1. The number of benzene rings is 1. The van der Waals surface area contributed by atoms with Crippen molar-refractivity contribution in [2.24, 2.45) is 11.8 Å². The number of carbonyl (C=O) groups is 1. The Morgan fingerprint density at radius 3 is 2.46 bits per heavy atom. The van der Waals surface area contributed by atoms with Crippen molar-refractivity contribution in [2.75, 3.05) is 7.11 Å². The van der Waals surface area contributed by atoms with Crippen molar-refractivity contribution in [3.63, 3.8) is 0 Å². The molecule has 2 nitrogen and oxygen atoms in total. The van der Waals surface area contributed by atoms with E-state index >= 15 is 0 Å². The van der Waals surface area contributed by atoms with E-state index in [0.717, 1.165) is 31.4 Å². The molecule has 0 aromatic heterocycles. The summed E-state index contributed by atoms with van der Waals surface area (Å²) in [6.07, 6.45) is 12.1. The van der Waals surface area contributed by atoms with E-state index in [0.29, 0.717) is 30.5 Å². The minimum absolute atomic E-state index is 0.398. The fourth-order valence-electron chi connectivity index (χ4n) is 3.39. The third kappa shape index (κ3) is 7.19. The molecule has 0 radical (unpaired) electrons. The van der Waals surface area contributed by atoms with Gasteiger partial charge in [0.05, 0.1) is 7.11 Å².